The first kappa shape index (κ1) is 19.8. The van der Waals surface area contributed by atoms with Crippen LogP contribution in [0.3, 0.4) is 0 Å². The monoisotopic (exact) mass is 377 g/mol. The van der Waals surface area contributed by atoms with Crippen molar-refractivity contribution in [3.05, 3.63) is 35.7 Å². The Bertz CT molecular complexity index is 776. The highest BCUT2D eigenvalue weighted by molar-refractivity contribution is 7.99. The van der Waals surface area contributed by atoms with Gasteiger partial charge in [-0.05, 0) is 38.5 Å². The van der Waals surface area contributed by atoms with Gasteiger partial charge in [0.05, 0.1) is 17.4 Å². The quantitative estimate of drug-likeness (QED) is 0.412. The lowest BCUT2D eigenvalue weighted by Crippen LogP contribution is -2.17. The molecule has 3 N–H and O–H groups in total. The molecule has 0 unspecified atom stereocenters. The van der Waals surface area contributed by atoms with Crippen LogP contribution >= 0.6 is 11.8 Å². The maximum Gasteiger partial charge on any atom is 0.338 e. The molecular formula is C17H23N5O3S. The standard InChI is InChI=1S/C17H23N5O3S/c1-4-6-14-20-21-17(22(14)18)26-10-15(23)19-13-8-5-7-12(9-13)16(24)25-11(2)3/h5,7-9,11H,4,6,10,18H2,1-3H3,(H,19,23). The Kier molecular flexibility index (Phi) is 7.02. The maximum absolute atomic E-state index is 12.1. The fraction of sp³-hybridized carbons (Fsp3) is 0.412. The molecule has 1 heterocycles. The summed E-state index contributed by atoms with van der Waals surface area (Å²) in [5.41, 5.74) is 0.907. The minimum absolute atomic E-state index is 0.127. The third-order valence-electron chi connectivity index (χ3n) is 3.27. The molecule has 0 saturated carbocycles. The molecular weight excluding hydrogens is 354 g/mol. The van der Waals surface area contributed by atoms with Gasteiger partial charge in [-0.2, -0.15) is 0 Å². The van der Waals surface area contributed by atoms with Crippen LogP contribution in [0.2, 0.25) is 0 Å². The summed E-state index contributed by atoms with van der Waals surface area (Å²) in [5, 5.41) is 11.2. The molecule has 0 aliphatic heterocycles. The van der Waals surface area contributed by atoms with E-state index in [1.165, 1.54) is 16.4 Å². The van der Waals surface area contributed by atoms with Crippen molar-refractivity contribution in [3.8, 4) is 0 Å². The fourth-order valence-corrected chi connectivity index (χ4v) is 2.81. The number of carbonyl (C=O) groups excluding carboxylic acids is 2. The number of ether oxygens (including phenoxy) is 1. The van der Waals surface area contributed by atoms with E-state index in [1.807, 2.05) is 6.92 Å². The van der Waals surface area contributed by atoms with Crippen molar-refractivity contribution >= 4 is 29.3 Å². The highest BCUT2D eigenvalue weighted by Crippen LogP contribution is 2.17. The summed E-state index contributed by atoms with van der Waals surface area (Å²) in [6.45, 7) is 5.59. The lowest BCUT2D eigenvalue weighted by atomic mass is 10.2. The molecule has 0 atom stereocenters. The average Bonchev–Trinajstić information content (AvgIpc) is 2.93. The molecule has 2 aromatic rings. The molecule has 0 spiro atoms. The van der Waals surface area contributed by atoms with Gasteiger partial charge in [0, 0.05) is 12.1 Å². The van der Waals surface area contributed by atoms with Crippen LogP contribution in [0.25, 0.3) is 0 Å². The van der Waals surface area contributed by atoms with Crippen LogP contribution in [0.4, 0.5) is 5.69 Å². The summed E-state index contributed by atoms with van der Waals surface area (Å²) >= 11 is 1.20. The highest BCUT2D eigenvalue weighted by atomic mass is 32.2. The first-order valence-electron chi connectivity index (χ1n) is 8.33. The zero-order chi connectivity index (χ0) is 19.1. The summed E-state index contributed by atoms with van der Waals surface area (Å²) in [5.74, 6) is 6.06. The van der Waals surface area contributed by atoms with E-state index in [0.29, 0.717) is 22.2 Å². The van der Waals surface area contributed by atoms with Gasteiger partial charge in [0.1, 0.15) is 0 Å². The van der Waals surface area contributed by atoms with Crippen LogP contribution in [-0.4, -0.2) is 38.6 Å². The van der Waals surface area contributed by atoms with Crippen molar-refractivity contribution in [1.82, 2.24) is 14.9 Å². The zero-order valence-electron chi connectivity index (χ0n) is 15.1. The first-order valence-corrected chi connectivity index (χ1v) is 9.32. The first-order chi connectivity index (χ1) is 12.4. The van der Waals surface area contributed by atoms with Gasteiger partial charge in [-0.25, -0.2) is 9.47 Å². The second-order valence-electron chi connectivity index (χ2n) is 5.89. The second-order valence-corrected chi connectivity index (χ2v) is 6.83. The predicted octanol–water partition coefficient (Wildman–Crippen LogP) is 2.24. The van der Waals surface area contributed by atoms with Crippen molar-refractivity contribution in [2.24, 2.45) is 0 Å². The molecule has 8 nitrogen and oxygen atoms in total. The highest BCUT2D eigenvalue weighted by Gasteiger charge is 2.13. The predicted molar refractivity (Wildman–Crippen MR) is 101 cm³/mol. The minimum Gasteiger partial charge on any atom is -0.459 e. The minimum atomic E-state index is -0.426. The van der Waals surface area contributed by atoms with E-state index in [0.717, 1.165) is 12.8 Å². The molecule has 1 aromatic carbocycles. The van der Waals surface area contributed by atoms with E-state index in [4.69, 9.17) is 10.6 Å². The van der Waals surface area contributed by atoms with Crippen LogP contribution in [0.5, 0.6) is 0 Å². The molecule has 140 valence electrons. The lowest BCUT2D eigenvalue weighted by molar-refractivity contribution is -0.113. The number of hydrogen-bond donors (Lipinski definition) is 2. The van der Waals surface area contributed by atoms with Gasteiger partial charge in [0.2, 0.25) is 11.1 Å². The zero-order valence-corrected chi connectivity index (χ0v) is 15.9. The molecule has 0 saturated heterocycles. The van der Waals surface area contributed by atoms with Crippen molar-refractivity contribution < 1.29 is 14.3 Å². The van der Waals surface area contributed by atoms with Gasteiger partial charge in [-0.3, -0.25) is 4.79 Å². The van der Waals surface area contributed by atoms with E-state index in [1.54, 1.807) is 38.1 Å². The van der Waals surface area contributed by atoms with Gasteiger partial charge >= 0.3 is 5.97 Å². The normalized spacial score (nSPS) is 10.8. The van der Waals surface area contributed by atoms with Crippen molar-refractivity contribution in [2.45, 2.75) is 44.9 Å². The molecule has 0 fully saturated rings. The number of aryl methyl sites for hydroxylation is 1. The van der Waals surface area contributed by atoms with E-state index in [9.17, 15) is 9.59 Å². The second kappa shape index (κ2) is 9.23. The summed E-state index contributed by atoms with van der Waals surface area (Å²) < 4.78 is 6.56. The molecule has 9 heteroatoms. The number of nitrogen functional groups attached to an aromatic ring is 1. The summed E-state index contributed by atoms with van der Waals surface area (Å²) in [6, 6.07) is 6.62. The van der Waals surface area contributed by atoms with Crippen molar-refractivity contribution in [1.29, 1.82) is 0 Å². The number of hydrogen-bond acceptors (Lipinski definition) is 7. The molecule has 1 amide bonds. The largest absolute Gasteiger partial charge is 0.459 e. The van der Waals surface area contributed by atoms with Gasteiger partial charge in [-0.1, -0.05) is 24.8 Å². The van der Waals surface area contributed by atoms with E-state index in [2.05, 4.69) is 15.5 Å². The van der Waals surface area contributed by atoms with Crippen LogP contribution in [-0.2, 0) is 16.0 Å². The SMILES string of the molecule is CCCc1nnc(SCC(=O)Nc2cccc(C(=O)OC(C)C)c2)n1N. The number of benzene rings is 1. The number of esters is 1. The van der Waals surface area contributed by atoms with Crippen LogP contribution in [0, 0.1) is 0 Å². The van der Waals surface area contributed by atoms with Gasteiger partial charge < -0.3 is 15.9 Å². The third-order valence-corrected chi connectivity index (χ3v) is 4.21. The molecule has 0 aliphatic rings. The molecule has 2 rings (SSSR count). The van der Waals surface area contributed by atoms with E-state index in [-0.39, 0.29) is 17.8 Å². The number of nitrogens with two attached hydrogens (primary N) is 1. The average molecular weight is 377 g/mol. The van der Waals surface area contributed by atoms with Crippen molar-refractivity contribution in [3.63, 3.8) is 0 Å². The third kappa shape index (κ3) is 5.48. The Hall–Kier alpha value is -2.55. The Morgan fingerprint density at radius 2 is 2.12 bits per heavy atom. The van der Waals surface area contributed by atoms with E-state index >= 15 is 0 Å². The number of thioether (sulfide) groups is 1. The molecule has 0 aliphatic carbocycles. The van der Waals surface area contributed by atoms with Crippen molar-refractivity contribution in [2.75, 3.05) is 16.9 Å². The fourth-order valence-electron chi connectivity index (χ4n) is 2.13. The summed E-state index contributed by atoms with van der Waals surface area (Å²) in [7, 11) is 0. The molecule has 26 heavy (non-hydrogen) atoms. The van der Waals surface area contributed by atoms with E-state index < -0.39 is 5.97 Å². The number of nitrogens with zero attached hydrogens (tertiary/aromatic N) is 3. The number of anilines is 1. The molecule has 1 aromatic heterocycles. The molecule has 0 bridgehead atoms. The lowest BCUT2D eigenvalue weighted by Gasteiger charge is -2.09. The molecule has 0 radical (unpaired) electrons. The Balaban J connectivity index is 1.93. The van der Waals surface area contributed by atoms with Crippen LogP contribution < -0.4 is 11.2 Å². The number of rotatable bonds is 8. The smallest absolute Gasteiger partial charge is 0.338 e. The van der Waals surface area contributed by atoms with Crippen LogP contribution in [0.1, 0.15) is 43.4 Å². The van der Waals surface area contributed by atoms with Gasteiger partial charge in [0.15, 0.2) is 5.82 Å². The number of nitrogens with one attached hydrogen (secondary N) is 1. The summed E-state index contributed by atoms with van der Waals surface area (Å²) in [6.07, 6.45) is 1.44. The van der Waals surface area contributed by atoms with Crippen LogP contribution in [0.15, 0.2) is 29.4 Å². The Morgan fingerprint density at radius 1 is 1.35 bits per heavy atom. The Labute approximate surface area is 156 Å². The topological polar surface area (TPSA) is 112 Å². The Morgan fingerprint density at radius 3 is 2.81 bits per heavy atom. The number of carbonyl (C=O) groups is 2. The number of aromatic nitrogens is 3. The maximum atomic E-state index is 12.1. The summed E-state index contributed by atoms with van der Waals surface area (Å²) in [4.78, 5) is 24.1. The van der Waals surface area contributed by atoms with Gasteiger partial charge in [0.25, 0.3) is 0 Å². The number of amides is 1. The van der Waals surface area contributed by atoms with Gasteiger partial charge in [-0.15, -0.1) is 10.2 Å².